The number of hydrogen-bond acceptors (Lipinski definition) is 1. The van der Waals surface area contributed by atoms with Crippen LogP contribution in [0.2, 0.25) is 5.02 Å². The van der Waals surface area contributed by atoms with Gasteiger partial charge in [-0.2, -0.15) is 0 Å². The first-order chi connectivity index (χ1) is 12.0. The number of halogens is 3. The van der Waals surface area contributed by atoms with Crippen LogP contribution >= 0.6 is 11.6 Å². The van der Waals surface area contributed by atoms with E-state index in [9.17, 15) is 8.78 Å². The second-order valence-corrected chi connectivity index (χ2v) is 5.63. The van der Waals surface area contributed by atoms with E-state index in [1.54, 1.807) is 13.1 Å². The van der Waals surface area contributed by atoms with Gasteiger partial charge in [-0.15, -0.1) is 0 Å². The average molecular weight is 360 g/mol. The zero-order valence-electron chi connectivity index (χ0n) is 14.5. The van der Waals surface area contributed by atoms with Gasteiger partial charge in [0, 0.05) is 12.6 Å². The lowest BCUT2D eigenvalue weighted by Gasteiger charge is -2.31. The van der Waals surface area contributed by atoms with Gasteiger partial charge in [0.1, 0.15) is 11.6 Å². The molecule has 0 bridgehead atoms. The Labute approximate surface area is 152 Å². The molecule has 0 spiro atoms. The summed E-state index contributed by atoms with van der Waals surface area (Å²) in [5.74, 6) is -0.918. The summed E-state index contributed by atoms with van der Waals surface area (Å²) in [6, 6.07) is 13.7. The van der Waals surface area contributed by atoms with Crippen LogP contribution in [0.15, 0.2) is 72.7 Å². The zero-order valence-corrected chi connectivity index (χ0v) is 15.2. The van der Waals surface area contributed by atoms with Gasteiger partial charge in [-0.3, -0.25) is 0 Å². The molecule has 0 saturated carbocycles. The summed E-state index contributed by atoms with van der Waals surface area (Å²) in [5.41, 5.74) is 2.23. The molecule has 4 heteroatoms. The summed E-state index contributed by atoms with van der Waals surface area (Å²) < 4.78 is 28.6. The van der Waals surface area contributed by atoms with E-state index in [-0.39, 0.29) is 16.3 Å². The van der Waals surface area contributed by atoms with Crippen LogP contribution in [0.3, 0.4) is 0 Å². The Bertz CT molecular complexity index is 818. The van der Waals surface area contributed by atoms with Crippen LogP contribution in [-0.4, -0.2) is 11.9 Å². The minimum atomic E-state index is -0.462. The maximum atomic E-state index is 14.4. The molecule has 0 aromatic heterocycles. The third-order valence-electron chi connectivity index (χ3n) is 3.83. The van der Waals surface area contributed by atoms with Gasteiger partial charge in [-0.1, -0.05) is 68.4 Å². The minimum Gasteiger partial charge on any atom is -0.342 e. The molecule has 2 aromatic rings. The van der Waals surface area contributed by atoms with Gasteiger partial charge >= 0.3 is 0 Å². The van der Waals surface area contributed by atoms with Gasteiger partial charge in [0.15, 0.2) is 0 Å². The molecular formula is C21H20ClF2N. The van der Waals surface area contributed by atoms with Gasteiger partial charge in [0.05, 0.1) is 22.0 Å². The van der Waals surface area contributed by atoms with Crippen molar-refractivity contribution >= 4 is 22.9 Å². The lowest BCUT2D eigenvalue weighted by Crippen LogP contribution is -2.21. The Balaban J connectivity index is 0.00000109. The Kier molecular flexibility index (Phi) is 6.16. The molecule has 0 radical (unpaired) electrons. The molecule has 0 fully saturated rings. The number of likely N-dealkylation sites (N-methyl/N-ethyl adjacent to an activating group) is 1. The van der Waals surface area contributed by atoms with Crippen LogP contribution in [0.25, 0.3) is 11.3 Å². The molecular weight excluding hydrogens is 340 g/mol. The highest BCUT2D eigenvalue weighted by Crippen LogP contribution is 2.41. The molecule has 0 saturated heterocycles. The van der Waals surface area contributed by atoms with E-state index in [4.69, 9.17) is 11.6 Å². The van der Waals surface area contributed by atoms with E-state index in [0.717, 1.165) is 5.56 Å². The van der Waals surface area contributed by atoms with Crippen LogP contribution in [0.1, 0.15) is 25.0 Å². The molecule has 130 valence electrons. The summed E-state index contributed by atoms with van der Waals surface area (Å²) in [4.78, 5) is 1.53. The normalized spacial score (nSPS) is 14.1. The van der Waals surface area contributed by atoms with Crippen LogP contribution in [-0.2, 0) is 0 Å². The van der Waals surface area contributed by atoms with Gasteiger partial charge in [-0.05, 0) is 23.8 Å². The zero-order chi connectivity index (χ0) is 18.6. The largest absolute Gasteiger partial charge is 0.342 e. The number of benzene rings is 2. The summed E-state index contributed by atoms with van der Waals surface area (Å²) in [6.07, 6.45) is 1.37. The molecule has 0 unspecified atom stereocenters. The molecule has 0 aliphatic carbocycles. The molecule has 2 aromatic carbocycles. The van der Waals surface area contributed by atoms with Gasteiger partial charge in [-0.25, -0.2) is 8.78 Å². The van der Waals surface area contributed by atoms with Crippen molar-refractivity contribution in [3.05, 3.63) is 94.7 Å². The predicted octanol–water partition coefficient (Wildman–Crippen LogP) is 6.69. The topological polar surface area (TPSA) is 3.24 Å². The standard InChI is InChI=1S/C19H14ClF2N.C2H6/c1-12-17(22)11-14(13-7-4-3-5-8-13)19(23(12)2)18-15(20)9-6-10-16(18)21;1-2/h3-11H,1H2,2H3;1-2H3. The second kappa shape index (κ2) is 8.13. The van der Waals surface area contributed by atoms with E-state index in [2.05, 4.69) is 6.58 Å². The Morgan fingerprint density at radius 1 is 0.960 bits per heavy atom. The van der Waals surface area contributed by atoms with Gasteiger partial charge in [0.2, 0.25) is 0 Å². The number of allylic oxidation sites excluding steroid dienone is 3. The fourth-order valence-corrected chi connectivity index (χ4v) is 2.87. The summed E-state index contributed by atoms with van der Waals surface area (Å²) in [5, 5.41) is 0.267. The third-order valence-corrected chi connectivity index (χ3v) is 4.14. The highest BCUT2D eigenvalue weighted by Gasteiger charge is 2.27. The SMILES string of the molecule is C=C1C(F)=CC(c2ccccc2)=C(c2c(F)cccc2Cl)N1C.CC. The molecule has 1 nitrogen and oxygen atoms in total. The van der Waals surface area contributed by atoms with Crippen LogP contribution in [0, 0.1) is 5.82 Å². The van der Waals surface area contributed by atoms with Crippen molar-refractivity contribution < 1.29 is 8.78 Å². The lowest BCUT2D eigenvalue weighted by atomic mass is 9.94. The quantitative estimate of drug-likeness (QED) is 0.577. The van der Waals surface area contributed by atoms with Crippen molar-refractivity contribution in [1.82, 2.24) is 4.90 Å². The van der Waals surface area contributed by atoms with E-state index in [0.29, 0.717) is 11.3 Å². The van der Waals surface area contributed by atoms with Crippen molar-refractivity contribution in [3.63, 3.8) is 0 Å². The summed E-state index contributed by atoms with van der Waals surface area (Å²) in [7, 11) is 1.65. The molecule has 0 N–H and O–H groups in total. The minimum absolute atomic E-state index is 0.166. The highest BCUT2D eigenvalue weighted by atomic mass is 35.5. The first-order valence-corrected chi connectivity index (χ1v) is 8.42. The monoisotopic (exact) mass is 359 g/mol. The van der Waals surface area contributed by atoms with E-state index in [1.165, 1.54) is 23.1 Å². The number of rotatable bonds is 2. The van der Waals surface area contributed by atoms with Crippen LogP contribution < -0.4 is 0 Å². The fourth-order valence-electron chi connectivity index (χ4n) is 2.62. The first-order valence-electron chi connectivity index (χ1n) is 8.05. The van der Waals surface area contributed by atoms with Crippen molar-refractivity contribution in [2.75, 3.05) is 7.05 Å². The average Bonchev–Trinajstić information content (AvgIpc) is 2.63. The molecule has 3 rings (SSSR count). The summed E-state index contributed by atoms with van der Waals surface area (Å²) >= 11 is 6.22. The molecule has 0 atom stereocenters. The summed E-state index contributed by atoms with van der Waals surface area (Å²) in [6.45, 7) is 7.72. The number of nitrogens with zero attached hydrogens (tertiary/aromatic N) is 1. The maximum absolute atomic E-state index is 14.4. The van der Waals surface area contributed by atoms with Gasteiger partial charge in [0.25, 0.3) is 0 Å². The van der Waals surface area contributed by atoms with Crippen molar-refractivity contribution in [2.24, 2.45) is 0 Å². The van der Waals surface area contributed by atoms with E-state index < -0.39 is 11.6 Å². The smallest absolute Gasteiger partial charge is 0.146 e. The Morgan fingerprint density at radius 3 is 2.20 bits per heavy atom. The highest BCUT2D eigenvalue weighted by molar-refractivity contribution is 6.32. The van der Waals surface area contributed by atoms with E-state index >= 15 is 0 Å². The van der Waals surface area contributed by atoms with Crippen LogP contribution in [0.5, 0.6) is 0 Å². The van der Waals surface area contributed by atoms with E-state index in [1.807, 2.05) is 44.2 Å². The predicted molar refractivity (Wildman–Crippen MR) is 102 cm³/mol. The molecule has 1 heterocycles. The molecule has 0 amide bonds. The molecule has 1 aliphatic heterocycles. The fraction of sp³-hybridized carbons (Fsp3) is 0.143. The molecule has 1 aliphatic rings. The van der Waals surface area contributed by atoms with Crippen molar-refractivity contribution in [1.29, 1.82) is 0 Å². The number of hydrogen-bond donors (Lipinski definition) is 0. The molecule has 25 heavy (non-hydrogen) atoms. The van der Waals surface area contributed by atoms with Crippen LogP contribution in [0.4, 0.5) is 8.78 Å². The van der Waals surface area contributed by atoms with Crippen molar-refractivity contribution in [3.8, 4) is 0 Å². The Hall–Kier alpha value is -2.39. The van der Waals surface area contributed by atoms with Crippen molar-refractivity contribution in [2.45, 2.75) is 13.8 Å². The van der Waals surface area contributed by atoms with Gasteiger partial charge < -0.3 is 4.90 Å². The lowest BCUT2D eigenvalue weighted by molar-refractivity contribution is 0.524. The third kappa shape index (κ3) is 3.67. The first kappa shape index (κ1) is 18.9. The second-order valence-electron chi connectivity index (χ2n) is 5.22. The Morgan fingerprint density at radius 2 is 1.60 bits per heavy atom. The maximum Gasteiger partial charge on any atom is 0.146 e.